The molecule has 4 nitrogen and oxygen atoms in total. The molecule has 0 fully saturated rings. The molecule has 4 aliphatic rings. The Balaban J connectivity index is 0.926. The van der Waals surface area contributed by atoms with Crippen LogP contribution in [0.4, 0.5) is 17.1 Å². The fraction of sp³-hybridized carbons (Fsp3) is 0.0270. The maximum Gasteiger partial charge on any atom is 0.135 e. The van der Waals surface area contributed by atoms with E-state index in [2.05, 4.69) is 266 Å². The first-order valence-electron chi connectivity index (χ1n) is 26.8. The minimum Gasteiger partial charge on any atom is -0.457 e. The second-order valence-corrected chi connectivity index (χ2v) is 20.9. The highest BCUT2D eigenvalue weighted by Crippen LogP contribution is 2.66. The van der Waals surface area contributed by atoms with Crippen LogP contribution >= 0.6 is 0 Å². The largest absolute Gasteiger partial charge is 0.457 e. The van der Waals surface area contributed by atoms with Crippen LogP contribution in [0.25, 0.3) is 66.4 Å². The van der Waals surface area contributed by atoms with Crippen LogP contribution in [-0.4, -0.2) is 0 Å². The zero-order valence-electron chi connectivity index (χ0n) is 42.2. The first-order chi connectivity index (χ1) is 38.7. The predicted octanol–water partition coefficient (Wildman–Crippen LogP) is 19.3. The van der Waals surface area contributed by atoms with Crippen LogP contribution in [0.3, 0.4) is 0 Å². The van der Waals surface area contributed by atoms with Crippen LogP contribution < -0.4 is 14.4 Å². The van der Waals surface area contributed by atoms with Crippen LogP contribution in [0.15, 0.2) is 277 Å². The zero-order valence-corrected chi connectivity index (χ0v) is 42.2. The summed E-state index contributed by atoms with van der Waals surface area (Å²) in [4.78, 5) is 2.52. The van der Waals surface area contributed by atoms with Gasteiger partial charge in [0.1, 0.15) is 34.2 Å². The second-order valence-electron chi connectivity index (χ2n) is 20.9. The monoisotopic (exact) mass is 995 g/mol. The number of furan rings is 1. The van der Waals surface area contributed by atoms with E-state index in [1.165, 1.54) is 44.5 Å². The number of hydrogen-bond acceptors (Lipinski definition) is 4. The molecule has 0 atom stereocenters. The molecule has 0 bridgehead atoms. The molecule has 2 aliphatic carbocycles. The van der Waals surface area contributed by atoms with Crippen LogP contribution in [0.2, 0.25) is 0 Å². The van der Waals surface area contributed by atoms with Crippen LogP contribution in [-0.2, 0) is 10.8 Å². The van der Waals surface area contributed by atoms with E-state index in [9.17, 15) is 0 Å². The summed E-state index contributed by atoms with van der Waals surface area (Å²) in [5.74, 6) is 3.50. The Kier molecular flexibility index (Phi) is 8.94. The smallest absolute Gasteiger partial charge is 0.135 e. The van der Waals surface area contributed by atoms with Gasteiger partial charge in [0.15, 0.2) is 0 Å². The van der Waals surface area contributed by atoms with Crippen molar-refractivity contribution in [1.82, 2.24) is 0 Å². The summed E-state index contributed by atoms with van der Waals surface area (Å²) in [6.45, 7) is 0. The SMILES string of the molecule is c1ccc2c(c1)Oc1ccccc1C21c2ccccc2-c2c(-c3ccccc3N(c3ccc(-c4ccc5oc6ccccc6c5c4)cc3)c3cccc4c3-c3ccccc3C43c4ccccc4Oc4ccccc43)cccc21. The van der Waals surface area contributed by atoms with Crippen molar-refractivity contribution in [2.45, 2.75) is 10.8 Å². The summed E-state index contributed by atoms with van der Waals surface area (Å²) >= 11 is 0. The molecule has 0 saturated carbocycles. The third-order valence-electron chi connectivity index (χ3n) is 17.2. The highest BCUT2D eigenvalue weighted by atomic mass is 16.5. The van der Waals surface area contributed by atoms with Gasteiger partial charge in [0.25, 0.3) is 0 Å². The molecule has 364 valence electrons. The molecule has 4 heteroatoms. The molecule has 0 N–H and O–H groups in total. The fourth-order valence-corrected chi connectivity index (χ4v) is 14.2. The quantitative estimate of drug-likeness (QED) is 0.172. The second kappa shape index (κ2) is 16.2. The van der Waals surface area contributed by atoms with Gasteiger partial charge in [0, 0.05) is 49.8 Å². The molecule has 0 radical (unpaired) electrons. The summed E-state index contributed by atoms with van der Waals surface area (Å²) in [5.41, 5.74) is 22.6. The molecule has 2 aliphatic heterocycles. The van der Waals surface area contributed by atoms with Gasteiger partial charge in [0.2, 0.25) is 0 Å². The highest BCUT2D eigenvalue weighted by molar-refractivity contribution is 6.07. The van der Waals surface area contributed by atoms with Crippen molar-refractivity contribution in [1.29, 1.82) is 0 Å². The molecule has 3 heterocycles. The van der Waals surface area contributed by atoms with Crippen LogP contribution in [0.1, 0.15) is 44.5 Å². The van der Waals surface area contributed by atoms with E-state index < -0.39 is 10.8 Å². The van der Waals surface area contributed by atoms with Crippen molar-refractivity contribution in [2.24, 2.45) is 0 Å². The lowest BCUT2D eigenvalue weighted by Crippen LogP contribution is -2.32. The first kappa shape index (κ1) is 43.1. The highest BCUT2D eigenvalue weighted by Gasteiger charge is 2.53. The number of ether oxygens (including phenoxy) is 2. The predicted molar refractivity (Wildman–Crippen MR) is 314 cm³/mol. The van der Waals surface area contributed by atoms with Crippen molar-refractivity contribution < 1.29 is 13.9 Å². The lowest BCUT2D eigenvalue weighted by molar-refractivity contribution is 0.436. The van der Waals surface area contributed by atoms with Gasteiger partial charge in [-0.15, -0.1) is 0 Å². The number of anilines is 3. The first-order valence-corrected chi connectivity index (χ1v) is 26.8. The van der Waals surface area contributed by atoms with E-state index in [1.807, 2.05) is 12.1 Å². The van der Waals surface area contributed by atoms with E-state index >= 15 is 0 Å². The average molecular weight is 996 g/mol. The van der Waals surface area contributed by atoms with E-state index in [0.717, 1.165) is 107 Å². The molecule has 1 aromatic heterocycles. The van der Waals surface area contributed by atoms with Gasteiger partial charge in [0.05, 0.1) is 22.2 Å². The maximum absolute atomic E-state index is 6.78. The number of nitrogens with zero attached hydrogens (tertiary/aromatic N) is 1. The number of rotatable bonds is 5. The maximum atomic E-state index is 6.78. The third-order valence-corrected chi connectivity index (χ3v) is 17.2. The average Bonchev–Trinajstić information content (AvgIpc) is 4.29. The summed E-state index contributed by atoms with van der Waals surface area (Å²) in [6.07, 6.45) is 0. The molecule has 0 saturated heterocycles. The van der Waals surface area contributed by atoms with Gasteiger partial charge in [-0.1, -0.05) is 206 Å². The van der Waals surface area contributed by atoms with Crippen LogP contribution in [0, 0.1) is 0 Å². The Bertz CT molecular complexity index is 4570. The topological polar surface area (TPSA) is 34.8 Å². The minimum absolute atomic E-state index is 0.613. The van der Waals surface area contributed by atoms with E-state index in [4.69, 9.17) is 13.9 Å². The third kappa shape index (κ3) is 5.68. The summed E-state index contributed by atoms with van der Waals surface area (Å²) in [7, 11) is 0. The Morgan fingerprint density at radius 3 is 1.31 bits per heavy atom. The number of hydrogen-bond donors (Lipinski definition) is 0. The molecule has 12 aromatic carbocycles. The Labute approximate surface area is 451 Å². The van der Waals surface area contributed by atoms with E-state index in [0.29, 0.717) is 0 Å². The normalized spacial score (nSPS) is 14.1. The Morgan fingerprint density at radius 2 is 0.692 bits per heavy atom. The number of para-hydroxylation sites is 6. The lowest BCUT2D eigenvalue weighted by Gasteiger charge is -2.39. The Morgan fingerprint density at radius 1 is 0.269 bits per heavy atom. The molecular weight excluding hydrogens is 951 g/mol. The molecule has 0 unspecified atom stereocenters. The standard InChI is InChI=1S/C74H45NO3/c1-5-24-55-52(21-1)71-51(23-17-30-61(71)73(55)57-26-7-13-35-67(57)77-68-36-14-8-27-58(68)73)49-19-3-11-32-63(49)75(48-42-39-46(40-43-48)47-41-44-66-54(45-47)50-20-4-12-34-65(50)76-66)64-33-18-31-62-72(64)53-22-2-6-25-56(53)74(62)59-28-9-15-37-69(59)78-70-38-16-10-29-60(70)74/h1-45H. The molecule has 13 aromatic rings. The summed E-state index contributed by atoms with van der Waals surface area (Å²) in [5, 5.41) is 2.23. The van der Waals surface area contributed by atoms with Crippen molar-refractivity contribution in [3.05, 3.63) is 317 Å². The van der Waals surface area contributed by atoms with Crippen molar-refractivity contribution >= 4 is 39.0 Å². The van der Waals surface area contributed by atoms with Crippen LogP contribution in [0.5, 0.6) is 23.0 Å². The molecule has 78 heavy (non-hydrogen) atoms. The fourth-order valence-electron chi connectivity index (χ4n) is 14.2. The van der Waals surface area contributed by atoms with Gasteiger partial charge in [-0.2, -0.15) is 0 Å². The Hall–Kier alpha value is -10.2. The van der Waals surface area contributed by atoms with Crippen molar-refractivity contribution in [3.8, 4) is 67.5 Å². The molecular formula is C74H45NO3. The van der Waals surface area contributed by atoms with E-state index in [1.54, 1.807) is 0 Å². The van der Waals surface area contributed by atoms with Gasteiger partial charge in [-0.05, 0) is 122 Å². The van der Waals surface area contributed by atoms with Gasteiger partial charge < -0.3 is 18.8 Å². The summed E-state index contributed by atoms with van der Waals surface area (Å²) in [6, 6.07) is 99.4. The summed E-state index contributed by atoms with van der Waals surface area (Å²) < 4.78 is 19.8. The van der Waals surface area contributed by atoms with E-state index in [-0.39, 0.29) is 0 Å². The number of fused-ring (bicyclic) bond motifs is 21. The minimum atomic E-state index is -0.646. The zero-order chi connectivity index (χ0) is 51.1. The van der Waals surface area contributed by atoms with Crippen molar-refractivity contribution in [3.63, 3.8) is 0 Å². The number of benzene rings is 12. The molecule has 2 spiro atoms. The molecule has 0 amide bonds. The van der Waals surface area contributed by atoms with Gasteiger partial charge in [-0.3, -0.25) is 0 Å². The van der Waals surface area contributed by atoms with Gasteiger partial charge >= 0.3 is 0 Å². The lowest BCUT2D eigenvalue weighted by atomic mass is 9.66. The molecule has 17 rings (SSSR count). The van der Waals surface area contributed by atoms with Crippen molar-refractivity contribution in [2.75, 3.05) is 4.90 Å². The van der Waals surface area contributed by atoms with Gasteiger partial charge in [-0.25, -0.2) is 0 Å².